The molecule has 0 spiro atoms. The van der Waals surface area contributed by atoms with Crippen molar-refractivity contribution in [3.8, 4) is 11.4 Å². The number of hydrogen-bond donors (Lipinski definition) is 1. The molecular formula is C10H7F5N4O2. The van der Waals surface area contributed by atoms with Crippen molar-refractivity contribution in [2.75, 3.05) is 6.61 Å². The van der Waals surface area contributed by atoms with Crippen LogP contribution in [0.2, 0.25) is 0 Å². The van der Waals surface area contributed by atoms with E-state index in [0.717, 1.165) is 16.8 Å². The molecule has 114 valence electrons. The van der Waals surface area contributed by atoms with Gasteiger partial charge in [0.05, 0.1) is 5.69 Å². The van der Waals surface area contributed by atoms with Crippen LogP contribution < -0.4 is 10.4 Å². The first kappa shape index (κ1) is 14.9. The number of nitrogens with zero attached hydrogens (tertiary/aromatic N) is 3. The lowest BCUT2D eigenvalue weighted by atomic mass is 10.3. The highest BCUT2D eigenvalue weighted by molar-refractivity contribution is 5.36. The van der Waals surface area contributed by atoms with Crippen LogP contribution in [0.25, 0.3) is 5.69 Å². The summed E-state index contributed by atoms with van der Waals surface area (Å²) in [6.45, 7) is -1.83. The van der Waals surface area contributed by atoms with Crippen LogP contribution in [0.4, 0.5) is 22.0 Å². The highest BCUT2D eigenvalue weighted by Crippen LogP contribution is 2.35. The van der Waals surface area contributed by atoms with Gasteiger partial charge in [-0.15, -0.1) is 0 Å². The second kappa shape index (κ2) is 5.14. The molecule has 21 heavy (non-hydrogen) atoms. The fourth-order valence-electron chi connectivity index (χ4n) is 1.31. The van der Waals surface area contributed by atoms with Crippen molar-refractivity contribution in [2.24, 2.45) is 0 Å². The number of alkyl halides is 5. The number of ether oxygens (including phenoxy) is 1. The first-order chi connectivity index (χ1) is 9.71. The topological polar surface area (TPSA) is 72.8 Å². The molecule has 2 aromatic rings. The van der Waals surface area contributed by atoms with Gasteiger partial charge in [0.15, 0.2) is 6.61 Å². The zero-order valence-electron chi connectivity index (χ0n) is 10.1. The van der Waals surface area contributed by atoms with Gasteiger partial charge in [0, 0.05) is 0 Å². The Kier molecular flexibility index (Phi) is 3.66. The third-order valence-electron chi connectivity index (χ3n) is 2.39. The van der Waals surface area contributed by atoms with Crippen LogP contribution in [0, 0.1) is 0 Å². The van der Waals surface area contributed by atoms with Gasteiger partial charge in [0.1, 0.15) is 5.75 Å². The van der Waals surface area contributed by atoms with Gasteiger partial charge in [0.2, 0.25) is 0 Å². The third kappa shape index (κ3) is 3.17. The first-order valence-corrected chi connectivity index (χ1v) is 5.39. The molecule has 2 rings (SSSR count). The number of halogens is 5. The normalized spacial score (nSPS) is 12.4. The fraction of sp³-hybridized carbons (Fsp3) is 0.300. The van der Waals surface area contributed by atoms with Gasteiger partial charge < -0.3 is 4.74 Å². The molecule has 1 aromatic carbocycles. The molecule has 0 atom stereocenters. The maximum atomic E-state index is 12.7. The Morgan fingerprint density at radius 1 is 1.14 bits per heavy atom. The largest absolute Gasteiger partial charge is 0.487 e. The molecule has 1 heterocycles. The number of tetrazole rings is 1. The summed E-state index contributed by atoms with van der Waals surface area (Å²) in [5.74, 6) is -5.16. The smallest absolute Gasteiger partial charge is 0.456 e. The van der Waals surface area contributed by atoms with E-state index in [-0.39, 0.29) is 11.4 Å². The van der Waals surface area contributed by atoms with Crippen molar-refractivity contribution in [3.05, 3.63) is 34.7 Å². The number of hydrogen-bond acceptors (Lipinski definition) is 4. The zero-order valence-corrected chi connectivity index (χ0v) is 10.1. The van der Waals surface area contributed by atoms with Crippen LogP contribution in [0.3, 0.4) is 0 Å². The SMILES string of the molecule is O=c1[nH]nnn1-c1ccc(OCC(F)(F)C(F)(F)F)cc1. The lowest BCUT2D eigenvalue weighted by Crippen LogP contribution is -2.41. The van der Waals surface area contributed by atoms with Crippen LogP contribution in [-0.4, -0.2) is 38.9 Å². The number of aromatic amines is 1. The predicted molar refractivity (Wildman–Crippen MR) is 58.5 cm³/mol. The number of rotatable bonds is 4. The van der Waals surface area contributed by atoms with Crippen molar-refractivity contribution < 1.29 is 26.7 Å². The second-order valence-corrected chi connectivity index (χ2v) is 3.90. The number of H-pyrrole nitrogens is 1. The molecule has 1 N–H and O–H groups in total. The van der Waals surface area contributed by atoms with E-state index in [1.165, 1.54) is 12.1 Å². The van der Waals surface area contributed by atoms with Crippen LogP contribution in [-0.2, 0) is 0 Å². The molecule has 0 radical (unpaired) electrons. The fourth-order valence-corrected chi connectivity index (χ4v) is 1.31. The number of nitrogens with one attached hydrogen (secondary N) is 1. The molecule has 1 aromatic heterocycles. The van der Waals surface area contributed by atoms with Gasteiger partial charge in [-0.05, 0) is 34.7 Å². The summed E-state index contributed by atoms with van der Waals surface area (Å²) >= 11 is 0. The van der Waals surface area contributed by atoms with E-state index in [1.807, 2.05) is 5.10 Å². The van der Waals surface area contributed by atoms with E-state index in [1.54, 1.807) is 0 Å². The Morgan fingerprint density at radius 3 is 2.24 bits per heavy atom. The molecule has 11 heteroatoms. The van der Waals surface area contributed by atoms with E-state index in [4.69, 9.17) is 0 Å². The van der Waals surface area contributed by atoms with Gasteiger partial charge in [-0.1, -0.05) is 0 Å². The minimum absolute atomic E-state index is 0.209. The minimum atomic E-state index is -5.68. The van der Waals surface area contributed by atoms with Crippen molar-refractivity contribution in [1.82, 2.24) is 20.2 Å². The number of benzene rings is 1. The van der Waals surface area contributed by atoms with Gasteiger partial charge in [-0.3, -0.25) is 0 Å². The van der Waals surface area contributed by atoms with E-state index in [9.17, 15) is 26.7 Å². The maximum Gasteiger partial charge on any atom is 0.456 e. The minimum Gasteiger partial charge on any atom is -0.487 e. The monoisotopic (exact) mass is 310 g/mol. The van der Waals surface area contributed by atoms with Crippen LogP contribution in [0.15, 0.2) is 29.1 Å². The van der Waals surface area contributed by atoms with Crippen molar-refractivity contribution >= 4 is 0 Å². The summed E-state index contributed by atoms with van der Waals surface area (Å²) in [6.07, 6.45) is -5.68. The van der Waals surface area contributed by atoms with Crippen molar-refractivity contribution in [2.45, 2.75) is 12.1 Å². The van der Waals surface area contributed by atoms with Gasteiger partial charge in [-0.25, -0.2) is 9.89 Å². The van der Waals surface area contributed by atoms with Crippen molar-refractivity contribution in [3.63, 3.8) is 0 Å². The van der Waals surface area contributed by atoms with Gasteiger partial charge >= 0.3 is 17.8 Å². The highest BCUT2D eigenvalue weighted by atomic mass is 19.4. The maximum absolute atomic E-state index is 12.7. The highest BCUT2D eigenvalue weighted by Gasteiger charge is 2.58. The Balaban J connectivity index is 2.07. The average molecular weight is 310 g/mol. The van der Waals surface area contributed by atoms with Crippen LogP contribution >= 0.6 is 0 Å². The van der Waals surface area contributed by atoms with E-state index in [0.29, 0.717) is 0 Å². The molecule has 0 saturated heterocycles. The average Bonchev–Trinajstić information content (AvgIpc) is 2.82. The molecular weight excluding hydrogens is 303 g/mol. The van der Waals surface area contributed by atoms with Crippen molar-refractivity contribution in [1.29, 1.82) is 0 Å². The van der Waals surface area contributed by atoms with Gasteiger partial charge in [-0.2, -0.15) is 26.6 Å². The quantitative estimate of drug-likeness (QED) is 0.869. The Morgan fingerprint density at radius 2 is 1.76 bits per heavy atom. The summed E-state index contributed by atoms with van der Waals surface area (Å²) < 4.78 is 66.4. The molecule has 0 unspecified atom stereocenters. The summed E-state index contributed by atoms with van der Waals surface area (Å²) in [6, 6.07) is 4.77. The third-order valence-corrected chi connectivity index (χ3v) is 2.39. The van der Waals surface area contributed by atoms with E-state index < -0.39 is 24.4 Å². The lowest BCUT2D eigenvalue weighted by molar-refractivity contribution is -0.290. The van der Waals surface area contributed by atoms with E-state index >= 15 is 0 Å². The molecule has 0 fully saturated rings. The molecule has 0 saturated carbocycles. The summed E-state index contributed by atoms with van der Waals surface area (Å²) in [7, 11) is 0. The molecule has 0 aliphatic heterocycles. The predicted octanol–water partition coefficient (Wildman–Crippen LogP) is 1.53. The first-order valence-electron chi connectivity index (χ1n) is 5.39. The van der Waals surface area contributed by atoms with E-state index in [2.05, 4.69) is 15.2 Å². The molecule has 0 bridgehead atoms. The molecule has 0 aliphatic rings. The molecule has 0 amide bonds. The van der Waals surface area contributed by atoms with Gasteiger partial charge in [0.25, 0.3) is 0 Å². The van der Waals surface area contributed by atoms with Crippen LogP contribution in [0.1, 0.15) is 0 Å². The van der Waals surface area contributed by atoms with Crippen LogP contribution in [0.5, 0.6) is 5.75 Å². The summed E-state index contributed by atoms with van der Waals surface area (Å²) in [5, 5.41) is 8.69. The Hall–Kier alpha value is -2.46. The molecule has 0 aliphatic carbocycles. The zero-order chi connectivity index (χ0) is 15.7. The second-order valence-electron chi connectivity index (χ2n) is 3.90. The standard InChI is InChI=1S/C10H7F5N4O2/c11-9(12,10(13,14)15)5-21-7-3-1-6(2-4-7)19-8(20)16-17-18-19/h1-4H,5H2,(H,16,18,20). The Bertz CT molecular complexity index is 661. The lowest BCUT2D eigenvalue weighted by Gasteiger charge is -2.19. The number of aromatic nitrogens is 4. The molecule has 6 nitrogen and oxygen atoms in total. The Labute approximate surface area is 113 Å². The summed E-state index contributed by atoms with van der Waals surface area (Å²) in [4.78, 5) is 11.2. The summed E-state index contributed by atoms with van der Waals surface area (Å²) in [5.41, 5.74) is -0.393.